The Morgan fingerprint density at radius 3 is 2.39 bits per heavy atom. The molecule has 0 spiro atoms. The average molecular weight is 290 g/mol. The van der Waals surface area contributed by atoms with Crippen LogP contribution < -0.4 is 10.5 Å². The van der Waals surface area contributed by atoms with Crippen LogP contribution in [0.1, 0.15) is 6.92 Å². The number of aliphatic hydroxyl groups is 1. The fourth-order valence-corrected chi connectivity index (χ4v) is 3.47. The number of thioether (sulfide) groups is 1. The summed E-state index contributed by atoms with van der Waals surface area (Å²) in [6.45, 7) is 1.65. The van der Waals surface area contributed by atoms with E-state index in [1.807, 2.05) is 6.26 Å². The summed E-state index contributed by atoms with van der Waals surface area (Å²) in [4.78, 5) is 0.168. The smallest absolute Gasteiger partial charge is 0.240 e. The van der Waals surface area contributed by atoms with Crippen LogP contribution in [-0.4, -0.2) is 37.7 Å². The molecule has 0 aromatic heterocycles. The molecule has 0 radical (unpaired) electrons. The summed E-state index contributed by atoms with van der Waals surface area (Å²) in [5.41, 5.74) is 6.02. The van der Waals surface area contributed by atoms with Gasteiger partial charge in [-0.1, -0.05) is 0 Å². The average Bonchev–Trinajstić information content (AvgIpc) is 2.30. The van der Waals surface area contributed by atoms with E-state index in [-0.39, 0.29) is 22.8 Å². The molecule has 4 N–H and O–H groups in total. The Kier molecular flexibility index (Phi) is 5.46. The second-order valence-corrected chi connectivity index (χ2v) is 6.73. The number of sulfonamides is 1. The van der Waals surface area contributed by atoms with E-state index in [0.29, 0.717) is 5.69 Å². The van der Waals surface area contributed by atoms with Gasteiger partial charge in [0.1, 0.15) is 0 Å². The van der Waals surface area contributed by atoms with Crippen LogP contribution in [0.4, 0.5) is 5.69 Å². The lowest BCUT2D eigenvalue weighted by Crippen LogP contribution is -2.41. The maximum Gasteiger partial charge on any atom is 0.240 e. The van der Waals surface area contributed by atoms with E-state index in [1.54, 1.807) is 6.92 Å². The van der Waals surface area contributed by atoms with Gasteiger partial charge in [-0.05, 0) is 37.4 Å². The zero-order valence-electron chi connectivity index (χ0n) is 10.3. The minimum Gasteiger partial charge on any atom is -0.399 e. The SMILES string of the molecule is CSC(CO)C(C)NS(=O)(=O)c1ccc(N)cc1. The number of rotatable bonds is 6. The predicted molar refractivity (Wildman–Crippen MR) is 75.0 cm³/mol. The summed E-state index contributed by atoms with van der Waals surface area (Å²) in [7, 11) is -3.57. The lowest BCUT2D eigenvalue weighted by atomic mass is 10.3. The molecule has 5 nitrogen and oxygen atoms in total. The summed E-state index contributed by atoms with van der Waals surface area (Å²) in [5, 5.41) is 8.96. The van der Waals surface area contributed by atoms with E-state index in [1.165, 1.54) is 36.0 Å². The van der Waals surface area contributed by atoms with Crippen molar-refractivity contribution in [3.8, 4) is 0 Å². The predicted octanol–water partition coefficient (Wildman–Crippen LogP) is 0.659. The lowest BCUT2D eigenvalue weighted by Gasteiger charge is -2.21. The molecule has 0 aliphatic rings. The summed E-state index contributed by atoms with van der Waals surface area (Å²) < 4.78 is 26.6. The first-order chi connectivity index (χ1) is 8.40. The quantitative estimate of drug-likeness (QED) is 0.669. The van der Waals surface area contributed by atoms with Gasteiger partial charge in [0.05, 0.1) is 11.5 Å². The van der Waals surface area contributed by atoms with Gasteiger partial charge >= 0.3 is 0 Å². The second kappa shape index (κ2) is 6.42. The molecule has 0 fully saturated rings. The highest BCUT2D eigenvalue weighted by Gasteiger charge is 2.22. The summed E-state index contributed by atoms with van der Waals surface area (Å²) in [6, 6.07) is 5.64. The lowest BCUT2D eigenvalue weighted by molar-refractivity contribution is 0.282. The first-order valence-electron chi connectivity index (χ1n) is 5.42. The van der Waals surface area contributed by atoms with Crippen molar-refractivity contribution < 1.29 is 13.5 Å². The molecule has 0 bridgehead atoms. The molecule has 0 saturated heterocycles. The second-order valence-electron chi connectivity index (χ2n) is 3.94. The Balaban J connectivity index is 2.85. The monoisotopic (exact) mass is 290 g/mol. The molecule has 1 aromatic rings. The molecule has 7 heteroatoms. The topological polar surface area (TPSA) is 92.4 Å². The number of hydrogen-bond donors (Lipinski definition) is 3. The molecule has 0 aliphatic carbocycles. The summed E-state index contributed by atoms with van der Waals surface area (Å²) >= 11 is 1.42. The van der Waals surface area contributed by atoms with Crippen LogP contribution in [0.5, 0.6) is 0 Å². The highest BCUT2D eigenvalue weighted by molar-refractivity contribution is 7.99. The van der Waals surface area contributed by atoms with Crippen molar-refractivity contribution in [2.24, 2.45) is 0 Å². The molecule has 0 amide bonds. The fourth-order valence-electron chi connectivity index (χ4n) is 1.47. The number of anilines is 1. The van der Waals surface area contributed by atoms with Gasteiger partial charge in [-0.25, -0.2) is 13.1 Å². The van der Waals surface area contributed by atoms with Gasteiger partial charge in [-0.2, -0.15) is 11.8 Å². The van der Waals surface area contributed by atoms with Crippen molar-refractivity contribution in [3.63, 3.8) is 0 Å². The molecule has 18 heavy (non-hydrogen) atoms. The first kappa shape index (κ1) is 15.3. The molecule has 1 rings (SSSR count). The largest absolute Gasteiger partial charge is 0.399 e. The normalized spacial score (nSPS) is 15.3. The maximum absolute atomic E-state index is 12.0. The van der Waals surface area contributed by atoms with Crippen LogP contribution in [0.25, 0.3) is 0 Å². The third kappa shape index (κ3) is 3.88. The number of nitrogen functional groups attached to an aromatic ring is 1. The van der Waals surface area contributed by atoms with Crippen molar-refractivity contribution in [1.82, 2.24) is 4.72 Å². The van der Waals surface area contributed by atoms with Crippen LogP contribution in [0, 0.1) is 0 Å². The standard InChI is InChI=1S/C11H18N2O3S2/c1-8(11(7-14)17-2)13-18(15,16)10-5-3-9(12)4-6-10/h3-6,8,11,13-14H,7,12H2,1-2H3. The van der Waals surface area contributed by atoms with Crippen molar-refractivity contribution in [2.45, 2.75) is 23.1 Å². The molecule has 0 aliphatic heterocycles. The molecule has 2 unspecified atom stereocenters. The van der Waals surface area contributed by atoms with Crippen LogP contribution in [0.2, 0.25) is 0 Å². The Morgan fingerprint density at radius 2 is 1.94 bits per heavy atom. The number of nitrogens with two attached hydrogens (primary N) is 1. The van der Waals surface area contributed by atoms with Gasteiger partial charge in [0, 0.05) is 17.0 Å². The van der Waals surface area contributed by atoms with E-state index >= 15 is 0 Å². The zero-order valence-corrected chi connectivity index (χ0v) is 12.0. The Labute approximate surface area is 112 Å². The molecular weight excluding hydrogens is 272 g/mol. The number of nitrogens with one attached hydrogen (secondary N) is 1. The van der Waals surface area contributed by atoms with Crippen molar-refractivity contribution in [2.75, 3.05) is 18.6 Å². The summed E-state index contributed by atoms with van der Waals surface area (Å²) in [5.74, 6) is 0. The number of benzene rings is 1. The van der Waals surface area contributed by atoms with Gasteiger partial charge < -0.3 is 10.8 Å². The Bertz CT molecular complexity index is 470. The van der Waals surface area contributed by atoms with Crippen LogP contribution in [-0.2, 0) is 10.0 Å². The van der Waals surface area contributed by atoms with Crippen LogP contribution in [0.3, 0.4) is 0 Å². The van der Waals surface area contributed by atoms with Gasteiger partial charge in [0.2, 0.25) is 10.0 Å². The third-order valence-corrected chi connectivity index (χ3v) is 5.31. The molecular formula is C11H18N2O3S2. The molecule has 102 valence electrons. The fraction of sp³-hybridized carbons (Fsp3) is 0.455. The maximum atomic E-state index is 12.0. The minimum absolute atomic E-state index is 0.0768. The Hall–Kier alpha value is -0.760. The van der Waals surface area contributed by atoms with E-state index in [4.69, 9.17) is 10.8 Å². The van der Waals surface area contributed by atoms with E-state index in [9.17, 15) is 8.42 Å². The molecule has 0 saturated carbocycles. The number of hydrogen-bond acceptors (Lipinski definition) is 5. The molecule has 2 atom stereocenters. The minimum atomic E-state index is -3.57. The number of aliphatic hydroxyl groups excluding tert-OH is 1. The zero-order chi connectivity index (χ0) is 13.8. The van der Waals surface area contributed by atoms with Crippen LogP contribution >= 0.6 is 11.8 Å². The summed E-state index contributed by atoms with van der Waals surface area (Å²) in [6.07, 6.45) is 1.83. The molecule has 1 aromatic carbocycles. The van der Waals surface area contributed by atoms with Crippen LogP contribution in [0.15, 0.2) is 29.2 Å². The van der Waals surface area contributed by atoms with Crippen molar-refractivity contribution >= 4 is 27.5 Å². The van der Waals surface area contributed by atoms with Gasteiger partial charge in [-0.3, -0.25) is 0 Å². The van der Waals surface area contributed by atoms with Crippen molar-refractivity contribution in [1.29, 1.82) is 0 Å². The van der Waals surface area contributed by atoms with Gasteiger partial charge in [0.15, 0.2) is 0 Å². The highest BCUT2D eigenvalue weighted by Crippen LogP contribution is 2.15. The highest BCUT2D eigenvalue weighted by atomic mass is 32.2. The van der Waals surface area contributed by atoms with Gasteiger partial charge in [-0.15, -0.1) is 0 Å². The van der Waals surface area contributed by atoms with E-state index in [2.05, 4.69) is 4.72 Å². The third-order valence-electron chi connectivity index (χ3n) is 2.57. The Morgan fingerprint density at radius 1 is 1.39 bits per heavy atom. The van der Waals surface area contributed by atoms with E-state index < -0.39 is 10.0 Å². The van der Waals surface area contributed by atoms with Gasteiger partial charge in [0.25, 0.3) is 0 Å². The van der Waals surface area contributed by atoms with E-state index in [0.717, 1.165) is 0 Å². The molecule has 0 heterocycles. The first-order valence-corrected chi connectivity index (χ1v) is 8.19. The van der Waals surface area contributed by atoms with Crippen molar-refractivity contribution in [3.05, 3.63) is 24.3 Å².